The van der Waals surface area contributed by atoms with Gasteiger partial charge in [0.25, 0.3) is 0 Å². The Balaban J connectivity index is 1.52. The van der Waals surface area contributed by atoms with Gasteiger partial charge < -0.3 is 10.2 Å². The molecule has 0 bridgehead atoms. The Morgan fingerprint density at radius 1 is 1.06 bits per heavy atom. The van der Waals surface area contributed by atoms with Gasteiger partial charge in [-0.3, -0.25) is 9.59 Å². The van der Waals surface area contributed by atoms with E-state index in [4.69, 9.17) is 0 Å². The lowest BCUT2D eigenvalue weighted by molar-refractivity contribution is -0.129. The summed E-state index contributed by atoms with van der Waals surface area (Å²) in [5.74, 6) is -0.109. The molecule has 1 aliphatic rings. The minimum absolute atomic E-state index is 0.0130. The highest BCUT2D eigenvalue weighted by Crippen LogP contribution is 2.22. The number of rotatable bonds is 10. The van der Waals surface area contributed by atoms with Gasteiger partial charge in [-0.2, -0.15) is 0 Å². The molecule has 0 saturated heterocycles. The molecule has 8 heteroatoms. The molecule has 3 rings (SSSR count). The Bertz CT molecular complexity index is 1030. The van der Waals surface area contributed by atoms with Crippen LogP contribution in [0, 0.1) is 0 Å². The lowest BCUT2D eigenvalue weighted by Crippen LogP contribution is -2.27. The Hall–Kier alpha value is -2.71. The fourth-order valence-corrected chi connectivity index (χ4v) is 4.52. The van der Waals surface area contributed by atoms with Crippen molar-refractivity contribution in [3.05, 3.63) is 59.7 Å². The molecule has 1 aliphatic carbocycles. The van der Waals surface area contributed by atoms with E-state index < -0.39 is 10.0 Å². The predicted molar refractivity (Wildman–Crippen MR) is 120 cm³/mol. The quantitative estimate of drug-likeness (QED) is 0.590. The van der Waals surface area contributed by atoms with Crippen molar-refractivity contribution in [2.24, 2.45) is 0 Å². The van der Waals surface area contributed by atoms with Gasteiger partial charge in [0.05, 0.1) is 4.90 Å². The van der Waals surface area contributed by atoms with Crippen LogP contribution in [0.2, 0.25) is 0 Å². The summed E-state index contributed by atoms with van der Waals surface area (Å²) >= 11 is 0. The van der Waals surface area contributed by atoms with Crippen molar-refractivity contribution in [3.63, 3.8) is 0 Å². The van der Waals surface area contributed by atoms with Gasteiger partial charge in [-0.1, -0.05) is 24.3 Å². The van der Waals surface area contributed by atoms with Crippen LogP contribution in [0.4, 0.5) is 5.69 Å². The van der Waals surface area contributed by atoms with Gasteiger partial charge in [0.1, 0.15) is 0 Å². The van der Waals surface area contributed by atoms with Crippen LogP contribution in [0.1, 0.15) is 44.2 Å². The molecule has 2 amide bonds. The second-order valence-corrected chi connectivity index (χ2v) is 9.54. The first-order valence-corrected chi connectivity index (χ1v) is 12.0. The number of nitrogens with one attached hydrogen (secondary N) is 2. The third-order valence-electron chi connectivity index (χ3n) is 5.18. The largest absolute Gasteiger partial charge is 0.339 e. The minimum Gasteiger partial charge on any atom is -0.339 e. The van der Waals surface area contributed by atoms with E-state index in [-0.39, 0.29) is 29.2 Å². The molecule has 0 heterocycles. The second kappa shape index (κ2) is 10.1. The number of benzene rings is 2. The average molecular weight is 444 g/mol. The van der Waals surface area contributed by atoms with Crippen LogP contribution in [-0.4, -0.2) is 37.7 Å². The van der Waals surface area contributed by atoms with Gasteiger partial charge in [-0.05, 0) is 61.6 Å². The average Bonchev–Trinajstić information content (AvgIpc) is 3.54. The topological polar surface area (TPSA) is 95.6 Å². The molecule has 2 N–H and O–H groups in total. The smallest absolute Gasteiger partial charge is 0.240 e. The molecule has 1 fully saturated rings. The van der Waals surface area contributed by atoms with E-state index in [1.165, 1.54) is 0 Å². The predicted octanol–water partition coefficient (Wildman–Crippen LogP) is 3.07. The number of hydrogen-bond donors (Lipinski definition) is 2. The molecular formula is C23H29N3O4S. The van der Waals surface area contributed by atoms with Gasteiger partial charge in [0, 0.05) is 38.2 Å². The molecule has 0 atom stereocenters. The zero-order valence-corrected chi connectivity index (χ0v) is 18.7. The van der Waals surface area contributed by atoms with Crippen molar-refractivity contribution in [2.45, 2.75) is 57.0 Å². The highest BCUT2D eigenvalue weighted by Gasteiger charge is 2.27. The highest BCUT2D eigenvalue weighted by molar-refractivity contribution is 7.89. The van der Waals surface area contributed by atoms with E-state index in [9.17, 15) is 18.0 Å². The van der Waals surface area contributed by atoms with Crippen molar-refractivity contribution in [3.8, 4) is 0 Å². The molecule has 166 valence electrons. The number of hydrogen-bond acceptors (Lipinski definition) is 4. The molecule has 2 aromatic carbocycles. The maximum atomic E-state index is 12.4. The van der Waals surface area contributed by atoms with E-state index in [1.807, 2.05) is 31.2 Å². The summed E-state index contributed by atoms with van der Waals surface area (Å²) in [6.45, 7) is 4.60. The summed E-state index contributed by atoms with van der Waals surface area (Å²) in [5, 5.41) is 2.89. The molecule has 31 heavy (non-hydrogen) atoms. The van der Waals surface area contributed by atoms with Gasteiger partial charge in [0.15, 0.2) is 0 Å². The Morgan fingerprint density at radius 3 is 2.39 bits per heavy atom. The van der Waals surface area contributed by atoms with E-state index >= 15 is 0 Å². The van der Waals surface area contributed by atoms with Crippen molar-refractivity contribution >= 4 is 27.5 Å². The fourth-order valence-electron chi connectivity index (χ4n) is 3.22. The van der Waals surface area contributed by atoms with Crippen LogP contribution in [0.15, 0.2) is 53.4 Å². The van der Waals surface area contributed by atoms with Crippen molar-refractivity contribution < 1.29 is 18.0 Å². The molecule has 1 saturated carbocycles. The Morgan fingerprint density at radius 2 is 1.77 bits per heavy atom. The number of carbonyl (C=O) groups excluding carboxylic acids is 2. The maximum absolute atomic E-state index is 12.4. The minimum atomic E-state index is -3.46. The summed E-state index contributed by atoms with van der Waals surface area (Å²) in [7, 11) is -3.46. The van der Waals surface area contributed by atoms with E-state index in [0.29, 0.717) is 25.2 Å². The van der Waals surface area contributed by atoms with Gasteiger partial charge in [0.2, 0.25) is 21.8 Å². The number of nitrogens with zero attached hydrogens (tertiary/aromatic N) is 1. The van der Waals surface area contributed by atoms with Gasteiger partial charge in [-0.25, -0.2) is 13.1 Å². The first-order valence-electron chi connectivity index (χ1n) is 10.5. The fraction of sp³-hybridized carbons (Fsp3) is 0.391. The molecule has 0 unspecified atom stereocenters. The Labute approximate surface area is 183 Å². The first kappa shape index (κ1) is 23.0. The molecule has 0 aromatic heterocycles. The normalized spacial score (nSPS) is 13.6. The van der Waals surface area contributed by atoms with Crippen molar-refractivity contribution in [2.75, 3.05) is 11.9 Å². The molecule has 0 radical (unpaired) electrons. The summed E-state index contributed by atoms with van der Waals surface area (Å²) < 4.78 is 27.1. The van der Waals surface area contributed by atoms with Crippen LogP contribution in [0.5, 0.6) is 0 Å². The third kappa shape index (κ3) is 6.90. The molecular weight excluding hydrogens is 414 g/mol. The summed E-state index contributed by atoms with van der Waals surface area (Å²) in [5.41, 5.74) is 2.54. The summed E-state index contributed by atoms with van der Waals surface area (Å²) in [6, 6.07) is 14.2. The monoisotopic (exact) mass is 443 g/mol. The van der Waals surface area contributed by atoms with E-state index in [0.717, 1.165) is 24.0 Å². The maximum Gasteiger partial charge on any atom is 0.240 e. The van der Waals surface area contributed by atoms with Gasteiger partial charge >= 0.3 is 0 Å². The SMILES string of the molecule is CCN(Cc1cccc(NC(=O)CCc2ccc(S(=O)(=O)NC3CC3)cc2)c1)C(C)=O. The van der Waals surface area contributed by atoms with Crippen LogP contribution in [-0.2, 0) is 32.6 Å². The zero-order valence-electron chi connectivity index (χ0n) is 17.9. The Kier molecular flexibility index (Phi) is 7.46. The molecule has 7 nitrogen and oxygen atoms in total. The second-order valence-electron chi connectivity index (χ2n) is 7.82. The van der Waals surface area contributed by atoms with Crippen LogP contribution < -0.4 is 10.0 Å². The number of amides is 2. The molecule has 0 spiro atoms. The van der Waals surface area contributed by atoms with E-state index in [1.54, 1.807) is 36.1 Å². The zero-order chi connectivity index (χ0) is 22.4. The number of carbonyl (C=O) groups is 2. The number of anilines is 1. The van der Waals surface area contributed by atoms with E-state index in [2.05, 4.69) is 10.0 Å². The van der Waals surface area contributed by atoms with Crippen molar-refractivity contribution in [1.29, 1.82) is 0 Å². The number of sulfonamides is 1. The molecule has 0 aliphatic heterocycles. The van der Waals surface area contributed by atoms with Crippen molar-refractivity contribution in [1.82, 2.24) is 9.62 Å². The third-order valence-corrected chi connectivity index (χ3v) is 6.72. The number of aryl methyl sites for hydroxylation is 1. The molecule has 2 aromatic rings. The highest BCUT2D eigenvalue weighted by atomic mass is 32.2. The van der Waals surface area contributed by atoms with Gasteiger partial charge in [-0.15, -0.1) is 0 Å². The summed E-state index contributed by atoms with van der Waals surface area (Å²) in [6.07, 6.45) is 2.58. The van der Waals surface area contributed by atoms with Crippen LogP contribution in [0.25, 0.3) is 0 Å². The van der Waals surface area contributed by atoms with Crippen LogP contribution >= 0.6 is 0 Å². The lowest BCUT2D eigenvalue weighted by atomic mass is 10.1. The lowest BCUT2D eigenvalue weighted by Gasteiger charge is -2.19. The van der Waals surface area contributed by atoms with Crippen LogP contribution in [0.3, 0.4) is 0 Å². The summed E-state index contributed by atoms with van der Waals surface area (Å²) in [4.78, 5) is 25.9. The first-order chi connectivity index (χ1) is 14.8. The standard InChI is InChI=1S/C23H29N3O4S/c1-3-26(17(2)27)16-19-5-4-6-21(15-19)24-23(28)14-9-18-7-12-22(13-8-18)31(29,30)25-20-10-11-20/h4-8,12-13,15,20,25H,3,9-11,14,16H2,1-2H3,(H,24,28).